The first-order valence-corrected chi connectivity index (χ1v) is 11.4. The molecule has 0 radical (unpaired) electrons. The summed E-state index contributed by atoms with van der Waals surface area (Å²) in [6.45, 7) is 1.51. The molecule has 7 heteroatoms. The van der Waals surface area contributed by atoms with Crippen molar-refractivity contribution in [1.82, 2.24) is 15.0 Å². The van der Waals surface area contributed by atoms with Crippen LogP contribution in [0.5, 0.6) is 0 Å². The van der Waals surface area contributed by atoms with E-state index in [-0.39, 0.29) is 17.5 Å². The molecular weight excluding hydrogens is 442 g/mol. The summed E-state index contributed by atoms with van der Waals surface area (Å²) in [5.74, 6) is -0.128. The number of thiophene rings is 1. The standard InChI is InChI=1S/C25H20ClN3O2S/c1-15(30)29-21(22-9-6-12-32-22)14-19(27-29)24-23(16-7-4-3-5-8-16)18-13-17(26)10-11-20(18)28(2)25(24)31/h3-14,21,27H,1-2H3/t21-/m0/s1. The van der Waals surface area contributed by atoms with E-state index in [0.717, 1.165) is 26.9 Å². The van der Waals surface area contributed by atoms with Crippen LogP contribution in [0.3, 0.4) is 0 Å². The number of pyridine rings is 1. The Bertz CT molecular complexity index is 1430. The second kappa shape index (κ2) is 7.97. The number of aryl methyl sites for hydroxylation is 1. The fraction of sp³-hybridized carbons (Fsp3) is 0.120. The van der Waals surface area contributed by atoms with Gasteiger partial charge in [-0.05, 0) is 41.3 Å². The fourth-order valence-corrected chi connectivity index (χ4v) is 5.18. The Kier molecular flexibility index (Phi) is 5.12. The Morgan fingerprint density at radius 1 is 1.06 bits per heavy atom. The molecule has 0 spiro atoms. The molecule has 0 aliphatic carbocycles. The number of rotatable bonds is 3. The zero-order chi connectivity index (χ0) is 22.4. The molecule has 0 fully saturated rings. The van der Waals surface area contributed by atoms with Crippen molar-refractivity contribution >= 4 is 45.4 Å². The molecule has 5 nitrogen and oxygen atoms in total. The number of fused-ring (bicyclic) bond motifs is 1. The third-order valence-electron chi connectivity index (χ3n) is 5.71. The lowest BCUT2D eigenvalue weighted by Gasteiger charge is -2.23. The van der Waals surface area contributed by atoms with Gasteiger partial charge in [-0.15, -0.1) is 11.3 Å². The molecule has 1 N–H and O–H groups in total. The van der Waals surface area contributed by atoms with Crippen molar-refractivity contribution in [3.63, 3.8) is 0 Å². The van der Waals surface area contributed by atoms with E-state index in [1.807, 2.05) is 66.1 Å². The molecule has 0 saturated carbocycles. The Morgan fingerprint density at radius 2 is 1.84 bits per heavy atom. The highest BCUT2D eigenvalue weighted by Crippen LogP contribution is 2.38. The number of carbonyl (C=O) groups is 1. The number of hydrazine groups is 1. The number of nitrogens with zero attached hydrogens (tertiary/aromatic N) is 2. The van der Waals surface area contributed by atoms with Crippen LogP contribution in [0.1, 0.15) is 23.4 Å². The fourth-order valence-electron chi connectivity index (χ4n) is 4.23. The van der Waals surface area contributed by atoms with Crippen LogP contribution >= 0.6 is 22.9 Å². The van der Waals surface area contributed by atoms with E-state index in [4.69, 9.17) is 11.6 Å². The van der Waals surface area contributed by atoms with Crippen LogP contribution in [0.2, 0.25) is 5.02 Å². The van der Waals surface area contributed by atoms with E-state index in [9.17, 15) is 9.59 Å². The predicted octanol–water partition coefficient (Wildman–Crippen LogP) is 5.37. The minimum absolute atomic E-state index is 0.128. The lowest BCUT2D eigenvalue weighted by Crippen LogP contribution is -2.38. The van der Waals surface area contributed by atoms with E-state index >= 15 is 0 Å². The summed E-state index contributed by atoms with van der Waals surface area (Å²) in [6, 6.07) is 19.0. The monoisotopic (exact) mass is 461 g/mol. The maximum absolute atomic E-state index is 13.7. The summed E-state index contributed by atoms with van der Waals surface area (Å²) < 4.78 is 1.63. The van der Waals surface area contributed by atoms with E-state index < -0.39 is 0 Å². The molecule has 160 valence electrons. The normalized spacial score (nSPS) is 15.7. The van der Waals surface area contributed by atoms with Crippen LogP contribution in [-0.4, -0.2) is 15.5 Å². The summed E-state index contributed by atoms with van der Waals surface area (Å²) in [4.78, 5) is 27.1. The van der Waals surface area contributed by atoms with Crippen molar-refractivity contribution in [2.24, 2.45) is 7.05 Å². The number of hydrogen-bond donors (Lipinski definition) is 1. The Balaban J connectivity index is 1.83. The number of benzene rings is 2. The number of amides is 1. The van der Waals surface area contributed by atoms with E-state index in [1.54, 1.807) is 34.0 Å². The molecule has 1 atom stereocenters. The van der Waals surface area contributed by atoms with Crippen LogP contribution in [0.15, 0.2) is 76.9 Å². The Morgan fingerprint density at radius 3 is 2.53 bits per heavy atom. The lowest BCUT2D eigenvalue weighted by atomic mass is 9.94. The topological polar surface area (TPSA) is 54.3 Å². The van der Waals surface area contributed by atoms with Crippen molar-refractivity contribution in [3.05, 3.63) is 97.9 Å². The van der Waals surface area contributed by atoms with Crippen molar-refractivity contribution < 1.29 is 4.79 Å². The first kappa shape index (κ1) is 20.5. The van der Waals surface area contributed by atoms with Crippen LogP contribution in [0.4, 0.5) is 0 Å². The third-order valence-corrected chi connectivity index (χ3v) is 6.89. The highest BCUT2D eigenvalue weighted by Gasteiger charge is 2.32. The van der Waals surface area contributed by atoms with Gasteiger partial charge in [-0.2, -0.15) is 0 Å². The molecule has 5 rings (SSSR count). The zero-order valence-electron chi connectivity index (χ0n) is 17.5. The minimum atomic E-state index is -0.286. The Hall–Kier alpha value is -3.35. The summed E-state index contributed by atoms with van der Waals surface area (Å²) in [7, 11) is 1.76. The minimum Gasteiger partial charge on any atom is -0.311 e. The Labute approximate surface area is 194 Å². The van der Waals surface area contributed by atoms with Crippen molar-refractivity contribution in [2.45, 2.75) is 13.0 Å². The maximum Gasteiger partial charge on any atom is 0.260 e. The molecule has 32 heavy (non-hydrogen) atoms. The molecule has 2 aromatic carbocycles. The SMILES string of the molecule is CC(=O)N1NC(c2c(-c3ccccc3)c3cc(Cl)ccc3n(C)c2=O)=C[C@H]1c1cccs1. The highest BCUT2D eigenvalue weighted by atomic mass is 35.5. The zero-order valence-corrected chi connectivity index (χ0v) is 19.1. The van der Waals surface area contributed by atoms with Gasteiger partial charge in [-0.25, -0.2) is 5.01 Å². The number of carbonyl (C=O) groups excluding carboxylic acids is 1. The van der Waals surface area contributed by atoms with Gasteiger partial charge in [0.1, 0.15) is 6.04 Å². The molecule has 0 saturated heterocycles. The van der Waals surface area contributed by atoms with Crippen LogP contribution in [-0.2, 0) is 11.8 Å². The molecule has 0 unspecified atom stereocenters. The van der Waals surface area contributed by atoms with Gasteiger partial charge in [0.25, 0.3) is 5.56 Å². The molecule has 4 aromatic rings. The molecule has 1 aliphatic rings. The number of nitrogens with one attached hydrogen (secondary N) is 1. The summed E-state index contributed by atoms with van der Waals surface area (Å²) in [5.41, 5.74) is 6.68. The molecular formula is C25H20ClN3O2S. The molecule has 1 aliphatic heterocycles. The van der Waals surface area contributed by atoms with Gasteiger partial charge < -0.3 is 4.57 Å². The van der Waals surface area contributed by atoms with Crippen LogP contribution < -0.4 is 11.0 Å². The first-order valence-electron chi connectivity index (χ1n) is 10.2. The number of hydrogen-bond acceptors (Lipinski definition) is 4. The highest BCUT2D eigenvalue weighted by molar-refractivity contribution is 7.10. The number of aromatic nitrogens is 1. The molecule has 2 aromatic heterocycles. The molecule has 1 amide bonds. The lowest BCUT2D eigenvalue weighted by molar-refractivity contribution is -0.131. The third kappa shape index (κ3) is 3.32. The first-order chi connectivity index (χ1) is 15.5. The van der Waals surface area contributed by atoms with Gasteiger partial charge >= 0.3 is 0 Å². The molecule has 0 bridgehead atoms. The van der Waals surface area contributed by atoms with E-state index in [0.29, 0.717) is 16.3 Å². The summed E-state index contributed by atoms with van der Waals surface area (Å²) in [6.07, 6.45) is 1.95. The van der Waals surface area contributed by atoms with E-state index in [1.165, 1.54) is 6.92 Å². The number of halogens is 1. The smallest absolute Gasteiger partial charge is 0.260 e. The summed E-state index contributed by atoms with van der Waals surface area (Å²) in [5, 5.41) is 5.01. The average Bonchev–Trinajstić information content (AvgIpc) is 3.46. The second-order valence-electron chi connectivity index (χ2n) is 7.68. The van der Waals surface area contributed by atoms with Crippen molar-refractivity contribution in [1.29, 1.82) is 0 Å². The van der Waals surface area contributed by atoms with Crippen LogP contribution in [0.25, 0.3) is 27.7 Å². The summed E-state index contributed by atoms with van der Waals surface area (Å²) >= 11 is 7.94. The van der Waals surface area contributed by atoms with Gasteiger partial charge in [-0.1, -0.05) is 48.0 Å². The van der Waals surface area contributed by atoms with Crippen molar-refractivity contribution in [3.8, 4) is 11.1 Å². The largest absolute Gasteiger partial charge is 0.311 e. The average molecular weight is 462 g/mol. The van der Waals surface area contributed by atoms with Gasteiger partial charge in [0, 0.05) is 34.8 Å². The van der Waals surface area contributed by atoms with Gasteiger partial charge in [0.15, 0.2) is 0 Å². The van der Waals surface area contributed by atoms with Gasteiger partial charge in [-0.3, -0.25) is 15.0 Å². The second-order valence-corrected chi connectivity index (χ2v) is 9.10. The molecule has 3 heterocycles. The maximum atomic E-state index is 13.7. The van der Waals surface area contributed by atoms with E-state index in [2.05, 4.69) is 5.43 Å². The van der Waals surface area contributed by atoms with Gasteiger partial charge in [0.05, 0.1) is 16.8 Å². The predicted molar refractivity (Wildman–Crippen MR) is 130 cm³/mol. The quantitative estimate of drug-likeness (QED) is 0.446. The van der Waals surface area contributed by atoms with Gasteiger partial charge in [0.2, 0.25) is 5.91 Å². The van der Waals surface area contributed by atoms with Crippen LogP contribution in [0, 0.1) is 0 Å². The van der Waals surface area contributed by atoms with Crippen molar-refractivity contribution in [2.75, 3.05) is 0 Å².